The molecule has 0 aromatic carbocycles. The van der Waals surface area contributed by atoms with E-state index in [0.717, 1.165) is 55.7 Å². The van der Waals surface area contributed by atoms with Crippen LogP contribution in [0.3, 0.4) is 0 Å². The number of hydrogen-bond acceptors (Lipinski definition) is 6. The normalized spacial score (nSPS) is 17.4. The van der Waals surface area contributed by atoms with E-state index < -0.39 is 0 Å². The number of hydrogen-bond donors (Lipinski definition) is 1. The molecule has 2 aliphatic rings. The zero-order chi connectivity index (χ0) is 19.5. The number of ether oxygens (including phenoxy) is 1. The van der Waals surface area contributed by atoms with E-state index in [1.54, 1.807) is 0 Å². The third kappa shape index (κ3) is 3.87. The second-order valence-corrected chi connectivity index (χ2v) is 7.50. The molecule has 8 nitrogen and oxygen atoms in total. The van der Waals surface area contributed by atoms with Gasteiger partial charge in [0.15, 0.2) is 0 Å². The lowest BCUT2D eigenvalue weighted by Crippen LogP contribution is -2.42. The smallest absolute Gasteiger partial charge is 0.317 e. The van der Waals surface area contributed by atoms with Gasteiger partial charge in [0.2, 0.25) is 11.7 Å². The molecule has 2 aromatic heterocycles. The predicted octanol–water partition coefficient (Wildman–Crippen LogP) is 2.50. The minimum atomic E-state index is -0.0337. The summed E-state index contributed by atoms with van der Waals surface area (Å²) in [6.07, 6.45) is 5.49. The molecule has 1 N–H and O–H groups in total. The molecular weight excluding hydrogens is 358 g/mol. The molecule has 0 bridgehead atoms. The fourth-order valence-corrected chi connectivity index (χ4v) is 4.02. The van der Waals surface area contributed by atoms with Gasteiger partial charge in [0.05, 0.1) is 0 Å². The van der Waals surface area contributed by atoms with E-state index in [9.17, 15) is 4.79 Å². The minimum absolute atomic E-state index is 0.0337. The fraction of sp³-hybridized carbons (Fsp3) is 0.600. The second-order valence-electron chi connectivity index (χ2n) is 7.50. The number of carbonyl (C=O) groups excluding carboxylic acids is 1. The maximum absolute atomic E-state index is 12.2. The highest BCUT2D eigenvalue weighted by Gasteiger charge is 2.26. The Bertz CT molecular complexity index is 844. The van der Waals surface area contributed by atoms with Gasteiger partial charge < -0.3 is 19.5 Å². The number of aryl methyl sites for hydroxylation is 1. The van der Waals surface area contributed by atoms with E-state index in [2.05, 4.69) is 20.4 Å². The molecular formula is C20H27N5O3. The summed E-state index contributed by atoms with van der Waals surface area (Å²) >= 11 is 0. The van der Waals surface area contributed by atoms with Gasteiger partial charge in [-0.05, 0) is 50.2 Å². The molecule has 1 saturated heterocycles. The minimum Gasteiger partial charge on any atom is -0.381 e. The number of nitrogens with one attached hydrogen (secondary N) is 1. The van der Waals surface area contributed by atoms with Crippen molar-refractivity contribution in [3.8, 4) is 11.4 Å². The number of nitrogens with zero attached hydrogens (tertiary/aromatic N) is 4. The Kier molecular flexibility index (Phi) is 5.57. The maximum atomic E-state index is 12.2. The van der Waals surface area contributed by atoms with Gasteiger partial charge in [-0.1, -0.05) is 5.16 Å². The molecule has 2 aromatic rings. The first-order chi connectivity index (χ1) is 13.7. The van der Waals surface area contributed by atoms with Crippen LogP contribution in [0.5, 0.6) is 0 Å². The Morgan fingerprint density at radius 3 is 2.96 bits per heavy atom. The lowest BCUT2D eigenvalue weighted by molar-refractivity contribution is 0.0642. The number of aromatic nitrogens is 3. The van der Waals surface area contributed by atoms with Crippen LogP contribution in [-0.2, 0) is 24.1 Å². The van der Waals surface area contributed by atoms with Crippen molar-refractivity contribution < 1.29 is 14.1 Å². The number of fused-ring (bicyclic) bond motifs is 1. The standard InChI is InChI=1S/C20H27N5O3/c1-3-21-20(26)25-7-4-16-15(12-25)11-22-13(2)18(16)19-23-17(28-24-19)10-14-5-8-27-9-6-14/h11,14H,3-10,12H2,1-2H3,(H,21,26). The number of amides is 2. The largest absolute Gasteiger partial charge is 0.381 e. The van der Waals surface area contributed by atoms with Crippen LogP contribution in [0, 0.1) is 12.8 Å². The third-order valence-corrected chi connectivity index (χ3v) is 5.57. The highest BCUT2D eigenvalue weighted by molar-refractivity contribution is 5.75. The first-order valence-electron chi connectivity index (χ1n) is 10.1. The lowest BCUT2D eigenvalue weighted by atomic mass is 9.94. The highest BCUT2D eigenvalue weighted by Crippen LogP contribution is 2.31. The molecule has 150 valence electrons. The molecule has 1 fully saturated rings. The highest BCUT2D eigenvalue weighted by atomic mass is 16.5. The SMILES string of the molecule is CCNC(=O)N1CCc2c(cnc(C)c2-c2noc(CC3CCOCC3)n2)C1. The lowest BCUT2D eigenvalue weighted by Gasteiger charge is -2.29. The summed E-state index contributed by atoms with van der Waals surface area (Å²) in [6, 6.07) is -0.0337. The van der Waals surface area contributed by atoms with Gasteiger partial charge in [0.1, 0.15) is 0 Å². The van der Waals surface area contributed by atoms with Crippen LogP contribution in [0.1, 0.15) is 42.5 Å². The van der Waals surface area contributed by atoms with Crippen LogP contribution >= 0.6 is 0 Å². The summed E-state index contributed by atoms with van der Waals surface area (Å²) in [5, 5.41) is 7.12. The van der Waals surface area contributed by atoms with E-state index >= 15 is 0 Å². The van der Waals surface area contributed by atoms with E-state index in [0.29, 0.717) is 37.3 Å². The van der Waals surface area contributed by atoms with Crippen LogP contribution in [0.4, 0.5) is 4.79 Å². The average molecular weight is 385 g/mol. The van der Waals surface area contributed by atoms with E-state index in [1.165, 1.54) is 5.56 Å². The van der Waals surface area contributed by atoms with Gasteiger partial charge in [-0.2, -0.15) is 4.98 Å². The van der Waals surface area contributed by atoms with Gasteiger partial charge in [-0.15, -0.1) is 0 Å². The molecule has 0 unspecified atom stereocenters. The molecule has 2 amide bonds. The van der Waals surface area contributed by atoms with Gasteiger partial charge in [0, 0.05) is 56.7 Å². The van der Waals surface area contributed by atoms with Gasteiger partial charge in [-0.3, -0.25) is 4.98 Å². The Morgan fingerprint density at radius 2 is 2.18 bits per heavy atom. The van der Waals surface area contributed by atoms with Crippen LogP contribution in [-0.4, -0.2) is 52.4 Å². The topological polar surface area (TPSA) is 93.4 Å². The molecule has 0 saturated carbocycles. The first kappa shape index (κ1) is 18.9. The predicted molar refractivity (Wildman–Crippen MR) is 103 cm³/mol. The molecule has 0 atom stereocenters. The Hall–Kier alpha value is -2.48. The molecule has 4 heterocycles. The summed E-state index contributed by atoms with van der Waals surface area (Å²) in [4.78, 5) is 23.2. The zero-order valence-corrected chi connectivity index (χ0v) is 16.5. The Labute approximate surface area is 164 Å². The van der Waals surface area contributed by atoms with Gasteiger partial charge in [-0.25, -0.2) is 4.79 Å². The summed E-state index contributed by atoms with van der Waals surface area (Å²) in [5.74, 6) is 1.82. The van der Waals surface area contributed by atoms with Crippen LogP contribution in [0.2, 0.25) is 0 Å². The molecule has 4 rings (SSSR count). The van der Waals surface area contributed by atoms with Crippen LogP contribution in [0.25, 0.3) is 11.4 Å². The summed E-state index contributed by atoms with van der Waals surface area (Å²) < 4.78 is 11.0. The van der Waals surface area contributed by atoms with Crippen LogP contribution in [0.15, 0.2) is 10.7 Å². The Balaban J connectivity index is 1.56. The fourth-order valence-electron chi connectivity index (χ4n) is 4.02. The van der Waals surface area contributed by atoms with E-state index in [4.69, 9.17) is 9.26 Å². The maximum Gasteiger partial charge on any atom is 0.317 e. The average Bonchev–Trinajstić information content (AvgIpc) is 3.16. The Morgan fingerprint density at radius 1 is 1.36 bits per heavy atom. The van der Waals surface area contributed by atoms with Crippen molar-refractivity contribution >= 4 is 6.03 Å². The van der Waals surface area contributed by atoms with Crippen LogP contribution < -0.4 is 5.32 Å². The monoisotopic (exact) mass is 385 g/mol. The zero-order valence-electron chi connectivity index (χ0n) is 16.5. The number of pyridine rings is 1. The first-order valence-corrected chi connectivity index (χ1v) is 10.1. The molecule has 28 heavy (non-hydrogen) atoms. The van der Waals surface area contributed by atoms with Gasteiger partial charge >= 0.3 is 6.03 Å². The summed E-state index contributed by atoms with van der Waals surface area (Å²) in [6.45, 7) is 7.36. The molecule has 2 aliphatic heterocycles. The molecule has 8 heteroatoms. The van der Waals surface area contributed by atoms with E-state index in [-0.39, 0.29) is 6.03 Å². The van der Waals surface area contributed by atoms with Crippen molar-refractivity contribution in [2.75, 3.05) is 26.3 Å². The third-order valence-electron chi connectivity index (χ3n) is 5.57. The molecule has 0 radical (unpaired) electrons. The van der Waals surface area contributed by atoms with Crippen molar-refractivity contribution in [3.05, 3.63) is 28.9 Å². The van der Waals surface area contributed by atoms with Crippen molar-refractivity contribution in [2.24, 2.45) is 5.92 Å². The number of rotatable bonds is 4. The van der Waals surface area contributed by atoms with Crippen molar-refractivity contribution in [2.45, 2.75) is 46.1 Å². The second kappa shape index (κ2) is 8.26. The quantitative estimate of drug-likeness (QED) is 0.869. The van der Waals surface area contributed by atoms with Crippen molar-refractivity contribution in [1.29, 1.82) is 0 Å². The van der Waals surface area contributed by atoms with Crippen molar-refractivity contribution in [3.63, 3.8) is 0 Å². The number of urea groups is 1. The summed E-state index contributed by atoms with van der Waals surface area (Å²) in [5.41, 5.74) is 4.07. The summed E-state index contributed by atoms with van der Waals surface area (Å²) in [7, 11) is 0. The van der Waals surface area contributed by atoms with Crippen molar-refractivity contribution in [1.82, 2.24) is 25.3 Å². The number of carbonyl (C=O) groups is 1. The molecule has 0 aliphatic carbocycles. The van der Waals surface area contributed by atoms with E-state index in [1.807, 2.05) is 24.9 Å². The van der Waals surface area contributed by atoms with Gasteiger partial charge in [0.25, 0.3) is 0 Å². The molecule has 0 spiro atoms.